The third-order valence-electron chi connectivity index (χ3n) is 5.47. The molecule has 0 aliphatic carbocycles. The van der Waals surface area contributed by atoms with Gasteiger partial charge in [0.05, 0.1) is 5.56 Å². The number of aryl methyl sites for hydroxylation is 2. The Morgan fingerprint density at radius 3 is 2.60 bits per heavy atom. The molecule has 0 spiro atoms. The maximum atomic E-state index is 13.1. The van der Waals surface area contributed by atoms with Crippen molar-refractivity contribution in [2.75, 3.05) is 13.6 Å². The molecule has 4 rings (SSSR count). The van der Waals surface area contributed by atoms with Crippen LogP contribution in [0.15, 0.2) is 57.6 Å². The summed E-state index contributed by atoms with van der Waals surface area (Å²) in [7, 11) is 1.91. The topological polar surface area (TPSA) is 139 Å². The SMILES string of the molecule is CNCCCCc1nc(-c2ccc(C(=O)NC(Cc3ccccc3)c3nc(C)no3)c(O)c2)no1. The summed E-state index contributed by atoms with van der Waals surface area (Å²) in [6.45, 7) is 2.64. The van der Waals surface area contributed by atoms with Crippen LogP contribution in [0.5, 0.6) is 5.75 Å². The summed E-state index contributed by atoms with van der Waals surface area (Å²) in [4.78, 5) is 21.7. The normalized spacial score (nSPS) is 11.9. The summed E-state index contributed by atoms with van der Waals surface area (Å²) in [6, 6.07) is 13.8. The van der Waals surface area contributed by atoms with Gasteiger partial charge in [0.1, 0.15) is 11.8 Å². The van der Waals surface area contributed by atoms with E-state index in [0.29, 0.717) is 41.8 Å². The van der Waals surface area contributed by atoms with Crippen LogP contribution in [0.1, 0.15) is 52.4 Å². The molecule has 1 amide bonds. The number of aromatic nitrogens is 4. The summed E-state index contributed by atoms with van der Waals surface area (Å²) < 4.78 is 10.6. The number of amides is 1. The molecule has 10 nitrogen and oxygen atoms in total. The lowest BCUT2D eigenvalue weighted by molar-refractivity contribution is 0.0925. The number of nitrogens with one attached hydrogen (secondary N) is 2. The molecule has 182 valence electrons. The largest absolute Gasteiger partial charge is 0.507 e. The van der Waals surface area contributed by atoms with Crippen LogP contribution in [-0.2, 0) is 12.8 Å². The molecule has 0 radical (unpaired) electrons. The highest BCUT2D eigenvalue weighted by Crippen LogP contribution is 2.26. The quantitative estimate of drug-likeness (QED) is 0.278. The highest BCUT2D eigenvalue weighted by atomic mass is 16.5. The van der Waals surface area contributed by atoms with Crippen LogP contribution < -0.4 is 10.6 Å². The number of hydrogen-bond donors (Lipinski definition) is 3. The van der Waals surface area contributed by atoms with E-state index >= 15 is 0 Å². The van der Waals surface area contributed by atoms with E-state index in [1.807, 2.05) is 37.4 Å². The van der Waals surface area contributed by atoms with Gasteiger partial charge in [-0.05, 0) is 57.1 Å². The summed E-state index contributed by atoms with van der Waals surface area (Å²) in [5.74, 6) is 1.01. The van der Waals surface area contributed by atoms with Crippen LogP contribution in [0.4, 0.5) is 0 Å². The first kappa shape index (κ1) is 24.1. The maximum absolute atomic E-state index is 13.1. The van der Waals surface area contributed by atoms with Crippen molar-refractivity contribution in [2.45, 2.75) is 38.6 Å². The molecule has 0 saturated heterocycles. The number of nitrogens with zero attached hydrogens (tertiary/aromatic N) is 4. The van der Waals surface area contributed by atoms with Gasteiger partial charge in [-0.3, -0.25) is 4.79 Å². The van der Waals surface area contributed by atoms with Gasteiger partial charge in [0.15, 0.2) is 5.82 Å². The second-order valence-corrected chi connectivity index (χ2v) is 8.20. The molecule has 0 fully saturated rings. The minimum absolute atomic E-state index is 0.110. The molecule has 2 aromatic heterocycles. The molecule has 2 heterocycles. The van der Waals surface area contributed by atoms with Gasteiger partial charge in [-0.25, -0.2) is 0 Å². The van der Waals surface area contributed by atoms with Gasteiger partial charge in [-0.15, -0.1) is 0 Å². The van der Waals surface area contributed by atoms with E-state index in [1.54, 1.807) is 13.0 Å². The fraction of sp³-hybridized carbons (Fsp3) is 0.320. The fourth-order valence-corrected chi connectivity index (χ4v) is 3.65. The van der Waals surface area contributed by atoms with Crippen molar-refractivity contribution in [3.8, 4) is 17.1 Å². The fourth-order valence-electron chi connectivity index (χ4n) is 3.65. The van der Waals surface area contributed by atoms with Gasteiger partial charge < -0.3 is 24.8 Å². The standard InChI is InChI=1S/C25H28N6O4/c1-16-27-25(35-30-16)20(14-17-8-4-3-5-9-17)28-24(33)19-12-11-18(15-21(19)32)23-29-22(34-31-23)10-6-7-13-26-2/h3-5,8-9,11-12,15,20,26,32H,6-7,10,13-14H2,1-2H3,(H,28,33). The summed E-state index contributed by atoms with van der Waals surface area (Å²) >= 11 is 0. The van der Waals surface area contributed by atoms with Crippen LogP contribution in [0, 0.1) is 6.92 Å². The van der Waals surface area contributed by atoms with Crippen molar-refractivity contribution in [3.05, 3.63) is 77.3 Å². The number of unbranched alkanes of at least 4 members (excludes halogenated alkanes) is 1. The summed E-state index contributed by atoms with van der Waals surface area (Å²) in [6.07, 6.45) is 3.07. The van der Waals surface area contributed by atoms with Gasteiger partial charge in [0.25, 0.3) is 5.91 Å². The molecule has 0 aliphatic rings. The van der Waals surface area contributed by atoms with E-state index in [-0.39, 0.29) is 11.3 Å². The smallest absolute Gasteiger partial charge is 0.255 e. The number of phenolic OH excluding ortho intramolecular Hbond substituents is 1. The number of phenols is 1. The predicted octanol–water partition coefficient (Wildman–Crippen LogP) is 3.39. The van der Waals surface area contributed by atoms with Crippen LogP contribution in [-0.4, -0.2) is 44.9 Å². The van der Waals surface area contributed by atoms with E-state index in [0.717, 1.165) is 24.9 Å². The summed E-state index contributed by atoms with van der Waals surface area (Å²) in [5, 5.41) is 24.4. The number of rotatable bonds is 11. The van der Waals surface area contributed by atoms with E-state index in [4.69, 9.17) is 9.05 Å². The minimum atomic E-state index is -0.562. The lowest BCUT2D eigenvalue weighted by atomic mass is 10.0. The van der Waals surface area contributed by atoms with E-state index < -0.39 is 11.9 Å². The molecule has 4 aromatic rings. The van der Waals surface area contributed by atoms with E-state index in [1.165, 1.54) is 12.1 Å². The Balaban J connectivity index is 1.47. The van der Waals surface area contributed by atoms with Crippen molar-refractivity contribution in [1.82, 2.24) is 30.9 Å². The Bertz CT molecular complexity index is 1250. The van der Waals surface area contributed by atoms with Crippen molar-refractivity contribution < 1.29 is 18.9 Å². The first-order valence-electron chi connectivity index (χ1n) is 11.5. The zero-order valence-electron chi connectivity index (χ0n) is 19.7. The van der Waals surface area contributed by atoms with Crippen molar-refractivity contribution in [2.24, 2.45) is 0 Å². The summed E-state index contributed by atoms with van der Waals surface area (Å²) in [5.41, 5.74) is 1.66. The number of hydrogen-bond acceptors (Lipinski definition) is 9. The third-order valence-corrected chi connectivity index (χ3v) is 5.47. The minimum Gasteiger partial charge on any atom is -0.507 e. The predicted molar refractivity (Wildman–Crippen MR) is 128 cm³/mol. The molecule has 0 aliphatic heterocycles. The van der Waals surface area contributed by atoms with Crippen molar-refractivity contribution >= 4 is 5.91 Å². The van der Waals surface area contributed by atoms with Gasteiger partial charge in [0.2, 0.25) is 17.6 Å². The maximum Gasteiger partial charge on any atom is 0.255 e. The zero-order chi connectivity index (χ0) is 24.6. The van der Waals surface area contributed by atoms with Gasteiger partial charge in [0, 0.05) is 18.4 Å². The molecular weight excluding hydrogens is 448 g/mol. The molecule has 35 heavy (non-hydrogen) atoms. The van der Waals surface area contributed by atoms with Gasteiger partial charge in [-0.2, -0.15) is 9.97 Å². The Kier molecular flexibility index (Phi) is 7.84. The molecule has 0 bridgehead atoms. The number of carbonyl (C=O) groups excluding carboxylic acids is 1. The number of benzene rings is 2. The highest BCUT2D eigenvalue weighted by molar-refractivity contribution is 5.97. The molecule has 1 unspecified atom stereocenters. The Labute approximate surface area is 202 Å². The van der Waals surface area contributed by atoms with Crippen molar-refractivity contribution in [1.29, 1.82) is 0 Å². The average molecular weight is 477 g/mol. The lowest BCUT2D eigenvalue weighted by Crippen LogP contribution is -2.30. The number of carbonyl (C=O) groups is 1. The van der Waals surface area contributed by atoms with Crippen molar-refractivity contribution in [3.63, 3.8) is 0 Å². The number of aromatic hydroxyl groups is 1. The molecular formula is C25H28N6O4. The monoisotopic (exact) mass is 476 g/mol. The Hall–Kier alpha value is -4.05. The van der Waals surface area contributed by atoms with Crippen LogP contribution in [0.25, 0.3) is 11.4 Å². The Morgan fingerprint density at radius 1 is 1.06 bits per heavy atom. The zero-order valence-corrected chi connectivity index (χ0v) is 19.7. The molecule has 10 heteroatoms. The van der Waals surface area contributed by atoms with Gasteiger partial charge >= 0.3 is 0 Å². The first-order chi connectivity index (χ1) is 17.0. The second kappa shape index (κ2) is 11.4. The third kappa shape index (κ3) is 6.30. The molecule has 2 aromatic carbocycles. The Morgan fingerprint density at radius 2 is 1.89 bits per heavy atom. The van der Waals surface area contributed by atoms with Gasteiger partial charge in [-0.1, -0.05) is 40.6 Å². The lowest BCUT2D eigenvalue weighted by Gasteiger charge is -2.16. The highest BCUT2D eigenvalue weighted by Gasteiger charge is 2.24. The molecule has 0 saturated carbocycles. The second-order valence-electron chi connectivity index (χ2n) is 8.20. The average Bonchev–Trinajstić information content (AvgIpc) is 3.51. The van der Waals surface area contributed by atoms with Crippen LogP contribution in [0.3, 0.4) is 0 Å². The van der Waals surface area contributed by atoms with E-state index in [2.05, 4.69) is 30.9 Å². The molecule has 1 atom stereocenters. The van der Waals surface area contributed by atoms with Crippen LogP contribution in [0.2, 0.25) is 0 Å². The van der Waals surface area contributed by atoms with E-state index in [9.17, 15) is 9.90 Å². The van der Waals surface area contributed by atoms with Crippen LogP contribution >= 0.6 is 0 Å². The molecule has 3 N–H and O–H groups in total. The first-order valence-corrected chi connectivity index (χ1v) is 11.5.